The molecular formula is C50H54N4O14. The van der Waals surface area contributed by atoms with Crippen molar-refractivity contribution in [2.45, 2.75) is 69.3 Å². The molecule has 4 aromatic carbocycles. The summed E-state index contributed by atoms with van der Waals surface area (Å²) in [5.41, 5.74) is 2.70. The molecule has 2 aliphatic carbocycles. The zero-order valence-corrected chi connectivity index (χ0v) is 37.8. The van der Waals surface area contributed by atoms with E-state index in [4.69, 9.17) is 33.7 Å². The Morgan fingerprint density at radius 1 is 0.912 bits per heavy atom. The number of aliphatic hydroxyl groups excluding tert-OH is 2. The lowest BCUT2D eigenvalue weighted by Gasteiger charge is -2.59. The Labute approximate surface area is 392 Å². The summed E-state index contributed by atoms with van der Waals surface area (Å²) in [5.74, 6) is -1.15. The summed E-state index contributed by atoms with van der Waals surface area (Å²) in [5, 5.41) is 47.4. The van der Waals surface area contributed by atoms with Crippen LogP contribution in [0.5, 0.6) is 28.7 Å². The number of carbonyl (C=O) groups excluding carboxylic acids is 2. The van der Waals surface area contributed by atoms with E-state index in [1.807, 2.05) is 6.07 Å². The largest absolute Gasteiger partial charge is 0.496 e. The molecule has 0 bridgehead atoms. The number of amides is 1. The van der Waals surface area contributed by atoms with E-state index in [9.17, 15) is 40.0 Å². The van der Waals surface area contributed by atoms with Crippen LogP contribution in [0.4, 0.5) is 16.2 Å². The molecule has 18 heteroatoms. The Balaban J connectivity index is 1.39. The van der Waals surface area contributed by atoms with Gasteiger partial charge in [0.2, 0.25) is 5.79 Å². The molecule has 0 radical (unpaired) electrons. The maximum absolute atomic E-state index is 14.4. The lowest BCUT2D eigenvalue weighted by molar-refractivity contribution is -0.385. The summed E-state index contributed by atoms with van der Waals surface area (Å²) in [4.78, 5) is 55.4. The number of rotatable bonds is 22. The highest BCUT2D eigenvalue weighted by atomic mass is 16.7. The first-order valence-corrected chi connectivity index (χ1v) is 22.4. The molecular weight excluding hydrogens is 881 g/mol. The molecule has 0 saturated heterocycles. The van der Waals surface area contributed by atoms with Crippen molar-refractivity contribution < 1.29 is 58.2 Å². The number of hydrogen-bond acceptors (Lipinski definition) is 15. The van der Waals surface area contributed by atoms with E-state index in [0.29, 0.717) is 84.6 Å². The van der Waals surface area contributed by atoms with Crippen LogP contribution in [0.3, 0.4) is 0 Å². The van der Waals surface area contributed by atoms with E-state index in [1.165, 1.54) is 48.4 Å². The summed E-state index contributed by atoms with van der Waals surface area (Å²) in [7, 11) is 3.02. The highest BCUT2D eigenvalue weighted by Crippen LogP contribution is 2.62. The molecule has 7 rings (SSSR count). The first kappa shape index (κ1) is 48.8. The lowest BCUT2D eigenvalue weighted by Crippen LogP contribution is -2.69. The van der Waals surface area contributed by atoms with Crippen LogP contribution in [-0.2, 0) is 16.2 Å². The number of nitrogens with zero attached hydrogens (tertiary/aromatic N) is 4. The van der Waals surface area contributed by atoms with Gasteiger partial charge in [-0.2, -0.15) is 0 Å². The van der Waals surface area contributed by atoms with Crippen LogP contribution in [0.2, 0.25) is 0 Å². The molecule has 3 aliphatic rings. The van der Waals surface area contributed by atoms with Gasteiger partial charge in [-0.05, 0) is 109 Å². The Bertz CT molecular complexity index is 2530. The number of methoxy groups -OCH3 is 1. The van der Waals surface area contributed by atoms with E-state index in [2.05, 4.69) is 12.7 Å². The van der Waals surface area contributed by atoms with Gasteiger partial charge in [-0.15, -0.1) is 6.58 Å². The number of carbonyl (C=O) groups is 2. The fourth-order valence-electron chi connectivity index (χ4n) is 9.63. The number of nitro benzene ring substituents is 2. The second-order valence-corrected chi connectivity index (χ2v) is 16.8. The van der Waals surface area contributed by atoms with Crippen LogP contribution in [0.25, 0.3) is 0 Å². The van der Waals surface area contributed by atoms with Crippen molar-refractivity contribution in [3.8, 4) is 28.7 Å². The average molecular weight is 935 g/mol. The summed E-state index contributed by atoms with van der Waals surface area (Å²) in [6.07, 6.45) is 7.57. The highest BCUT2D eigenvalue weighted by molar-refractivity contribution is 6.03. The van der Waals surface area contributed by atoms with Gasteiger partial charge in [0, 0.05) is 62.4 Å². The van der Waals surface area contributed by atoms with Gasteiger partial charge in [-0.3, -0.25) is 25.0 Å². The number of allylic oxidation sites excluding steroid dienone is 1. The summed E-state index contributed by atoms with van der Waals surface area (Å²) in [6, 6.07) is 20.5. The molecule has 1 saturated carbocycles. The molecule has 358 valence electrons. The van der Waals surface area contributed by atoms with Crippen LogP contribution in [0.15, 0.2) is 114 Å². The molecule has 4 aromatic rings. The Kier molecular flexibility index (Phi) is 15.9. The first-order chi connectivity index (χ1) is 32.9. The second-order valence-electron chi connectivity index (χ2n) is 16.8. The maximum atomic E-state index is 14.4. The van der Waals surface area contributed by atoms with Crippen molar-refractivity contribution in [1.82, 2.24) is 4.90 Å². The quantitative estimate of drug-likeness (QED) is 0.0246. The number of oxime groups is 1. The minimum absolute atomic E-state index is 0.00155. The van der Waals surface area contributed by atoms with E-state index < -0.39 is 39.6 Å². The molecule has 6 atom stereocenters. The third kappa shape index (κ3) is 10.5. The predicted octanol–water partition coefficient (Wildman–Crippen LogP) is 9.08. The molecule has 18 nitrogen and oxygen atoms in total. The molecule has 1 fully saturated rings. The van der Waals surface area contributed by atoms with Gasteiger partial charge in [0.05, 0.1) is 40.8 Å². The minimum Gasteiger partial charge on any atom is -0.496 e. The van der Waals surface area contributed by atoms with Crippen LogP contribution in [0.1, 0.15) is 72.3 Å². The van der Waals surface area contributed by atoms with Crippen molar-refractivity contribution in [2.24, 2.45) is 22.9 Å². The van der Waals surface area contributed by atoms with Crippen molar-refractivity contribution in [1.29, 1.82) is 0 Å². The monoisotopic (exact) mass is 934 g/mol. The molecule has 0 aromatic heterocycles. The zero-order valence-electron chi connectivity index (χ0n) is 37.8. The fraction of sp³-hybridized carbons (Fsp3) is 0.380. The van der Waals surface area contributed by atoms with Crippen molar-refractivity contribution in [2.75, 3.05) is 34.0 Å². The molecule has 2 N–H and O–H groups in total. The van der Waals surface area contributed by atoms with Gasteiger partial charge < -0.3 is 43.6 Å². The number of non-ortho nitro benzene ring substituents is 2. The van der Waals surface area contributed by atoms with E-state index in [1.54, 1.807) is 55.6 Å². The van der Waals surface area contributed by atoms with Crippen LogP contribution in [-0.4, -0.2) is 88.9 Å². The van der Waals surface area contributed by atoms with Crippen LogP contribution in [0, 0.1) is 38.0 Å². The number of unbranched alkanes of at least 4 members (excludes halogenated alkanes) is 2. The second kappa shape index (κ2) is 22.1. The van der Waals surface area contributed by atoms with Crippen molar-refractivity contribution >= 4 is 29.5 Å². The standard InChI is InChI=1S/C50H54N4O14/c1-4-25-64-50-46(52(2)49(58)67-37-17-15-36(16-18-37)54(61)62)29-43(51-65-31-32-11-13-35(14-12-32)53(59)60)41-27-33(9-5-7-23-55)40(10-6-8-24-56)47(48(41)50)42-28-39(20-22-45(42)68-50)66-38-19-21-44(63-3)34(26-38)30-57/h4,11-22,26-28,30,33,40,46-48,55-56H,1,5-10,23-25,29,31H2,2-3H3. The van der Waals surface area contributed by atoms with Gasteiger partial charge in [0.1, 0.15) is 41.4 Å². The smallest absolute Gasteiger partial charge is 0.415 e. The molecule has 1 heterocycles. The van der Waals surface area contributed by atoms with Gasteiger partial charge in [-0.1, -0.05) is 30.1 Å². The Morgan fingerprint density at radius 3 is 2.21 bits per heavy atom. The average Bonchev–Trinajstić information content (AvgIpc) is 3.34. The SMILES string of the molecule is C=CCOC12Oc3ccc(Oc4ccc(OC)c(C=O)c4)cc3C3C(CCCCO)C(CCCCO)C=C(C(=NOCc4ccc([N+](=O)[O-])cc4)CC1N(C)C(=O)Oc1ccc([N+](=O)[O-])cc1)C32. The lowest BCUT2D eigenvalue weighted by atomic mass is 9.55. The van der Waals surface area contributed by atoms with Gasteiger partial charge in [0.15, 0.2) is 6.29 Å². The third-order valence-corrected chi connectivity index (χ3v) is 12.8. The number of nitro groups is 2. The number of ether oxygens (including phenoxy) is 5. The zero-order chi connectivity index (χ0) is 48.4. The summed E-state index contributed by atoms with van der Waals surface area (Å²) >= 11 is 0. The number of aliphatic hydroxyl groups is 2. The fourth-order valence-corrected chi connectivity index (χ4v) is 9.63. The van der Waals surface area contributed by atoms with E-state index in [0.717, 1.165) is 11.1 Å². The normalized spacial score (nSPS) is 21.8. The number of likely N-dealkylation sites (N-methyl/N-ethyl adjacent to an activating group) is 1. The van der Waals surface area contributed by atoms with Crippen molar-refractivity contribution in [3.05, 3.63) is 146 Å². The van der Waals surface area contributed by atoms with Gasteiger partial charge in [-0.25, -0.2) is 4.79 Å². The summed E-state index contributed by atoms with van der Waals surface area (Å²) < 4.78 is 31.7. The predicted molar refractivity (Wildman–Crippen MR) is 248 cm³/mol. The van der Waals surface area contributed by atoms with Gasteiger partial charge in [0.25, 0.3) is 11.4 Å². The number of fused-ring (bicyclic) bond motifs is 2. The Morgan fingerprint density at radius 2 is 1.56 bits per heavy atom. The van der Waals surface area contributed by atoms with E-state index in [-0.39, 0.29) is 61.8 Å². The van der Waals surface area contributed by atoms with E-state index >= 15 is 0 Å². The Hall–Kier alpha value is -7.15. The molecule has 1 aliphatic heterocycles. The highest BCUT2D eigenvalue weighted by Gasteiger charge is 2.65. The third-order valence-electron chi connectivity index (χ3n) is 12.8. The number of benzene rings is 4. The topological polar surface area (TPSA) is 232 Å². The summed E-state index contributed by atoms with van der Waals surface area (Å²) in [6.45, 7) is 3.93. The van der Waals surface area contributed by atoms with Gasteiger partial charge >= 0.3 is 6.09 Å². The molecule has 68 heavy (non-hydrogen) atoms. The molecule has 1 amide bonds. The van der Waals surface area contributed by atoms with Crippen LogP contribution < -0.4 is 18.9 Å². The number of aldehydes is 1. The minimum atomic E-state index is -1.62. The first-order valence-electron chi connectivity index (χ1n) is 22.4. The van der Waals surface area contributed by atoms with Crippen LogP contribution >= 0.6 is 0 Å². The number of hydrogen-bond donors (Lipinski definition) is 2. The molecule has 6 unspecified atom stereocenters. The molecule has 0 spiro atoms. The maximum Gasteiger partial charge on any atom is 0.415 e. The van der Waals surface area contributed by atoms with Crippen molar-refractivity contribution in [3.63, 3.8) is 0 Å².